The molecule has 8 nitrogen and oxygen atoms in total. The minimum atomic E-state index is -3.53. The van der Waals surface area contributed by atoms with Crippen LogP contribution in [-0.2, 0) is 14.6 Å². The van der Waals surface area contributed by atoms with Gasteiger partial charge in [0, 0.05) is 18.4 Å². The van der Waals surface area contributed by atoms with E-state index in [2.05, 4.69) is 10.6 Å². The van der Waals surface area contributed by atoms with Crippen molar-refractivity contribution in [2.75, 3.05) is 18.1 Å². The molecule has 2 N–H and O–H groups in total. The predicted octanol–water partition coefficient (Wildman–Crippen LogP) is 0.689. The van der Waals surface area contributed by atoms with Crippen LogP contribution in [0.5, 0.6) is 0 Å². The third-order valence-electron chi connectivity index (χ3n) is 2.98. The number of carbonyl (C=O) groups excluding carboxylic acids is 1. The second-order valence-electron chi connectivity index (χ2n) is 4.90. The molecule has 21 heavy (non-hydrogen) atoms. The van der Waals surface area contributed by atoms with Crippen molar-refractivity contribution in [1.29, 1.82) is 0 Å². The Morgan fingerprint density at radius 3 is 2.62 bits per heavy atom. The predicted molar refractivity (Wildman–Crippen MR) is 75.9 cm³/mol. The minimum absolute atomic E-state index is 0.102. The Balaban J connectivity index is 2.14. The highest BCUT2D eigenvalue weighted by atomic mass is 32.2. The molecule has 0 heterocycles. The SMILES string of the molecule is CS(=O)(=O)c1ccc(NCC(=O)NC2CC2)c([N+](=O)[O-])c1. The summed E-state index contributed by atoms with van der Waals surface area (Å²) >= 11 is 0. The number of hydrogen-bond donors (Lipinski definition) is 2. The fraction of sp³-hybridized carbons (Fsp3) is 0.417. The Bertz CT molecular complexity index is 682. The number of nitro benzene ring substituents is 1. The average molecular weight is 313 g/mol. The smallest absolute Gasteiger partial charge is 0.293 e. The van der Waals surface area contributed by atoms with Crippen LogP contribution in [0.25, 0.3) is 0 Å². The lowest BCUT2D eigenvalue weighted by Gasteiger charge is -2.08. The maximum atomic E-state index is 11.5. The van der Waals surface area contributed by atoms with Gasteiger partial charge in [-0.2, -0.15) is 0 Å². The summed E-state index contributed by atoms with van der Waals surface area (Å²) in [6.07, 6.45) is 2.88. The van der Waals surface area contributed by atoms with Gasteiger partial charge in [0.2, 0.25) is 5.91 Å². The number of carbonyl (C=O) groups is 1. The summed E-state index contributed by atoms with van der Waals surface area (Å²) in [5.41, 5.74) is -0.268. The first-order valence-corrected chi connectivity index (χ1v) is 8.18. The molecule has 0 bridgehead atoms. The molecule has 1 aromatic carbocycles. The number of nitrogens with zero attached hydrogens (tertiary/aromatic N) is 1. The molecule has 2 rings (SSSR count). The summed E-state index contributed by atoms with van der Waals surface area (Å²) in [6.45, 7) is -0.102. The highest BCUT2D eigenvalue weighted by Crippen LogP contribution is 2.27. The first-order valence-electron chi connectivity index (χ1n) is 6.29. The van der Waals surface area contributed by atoms with Gasteiger partial charge in [-0.15, -0.1) is 0 Å². The molecule has 0 unspecified atom stereocenters. The number of nitrogens with one attached hydrogen (secondary N) is 2. The van der Waals surface area contributed by atoms with Gasteiger partial charge in [-0.3, -0.25) is 14.9 Å². The van der Waals surface area contributed by atoms with Crippen molar-refractivity contribution in [1.82, 2.24) is 5.32 Å². The van der Waals surface area contributed by atoms with Crippen LogP contribution in [0.4, 0.5) is 11.4 Å². The second kappa shape index (κ2) is 5.68. The average Bonchev–Trinajstić information content (AvgIpc) is 3.18. The second-order valence-corrected chi connectivity index (χ2v) is 6.92. The Hall–Kier alpha value is -2.16. The zero-order chi connectivity index (χ0) is 15.6. The van der Waals surface area contributed by atoms with Crippen LogP contribution in [0.2, 0.25) is 0 Å². The maximum Gasteiger partial charge on any atom is 0.293 e. The highest BCUT2D eigenvalue weighted by Gasteiger charge is 2.24. The van der Waals surface area contributed by atoms with Crippen molar-refractivity contribution in [3.8, 4) is 0 Å². The van der Waals surface area contributed by atoms with Crippen LogP contribution >= 0.6 is 0 Å². The lowest BCUT2D eigenvalue weighted by atomic mass is 10.2. The zero-order valence-corrected chi connectivity index (χ0v) is 12.1. The van der Waals surface area contributed by atoms with Crippen molar-refractivity contribution in [3.05, 3.63) is 28.3 Å². The van der Waals surface area contributed by atoms with Crippen LogP contribution in [0, 0.1) is 10.1 Å². The number of amides is 1. The van der Waals surface area contributed by atoms with Gasteiger partial charge < -0.3 is 10.6 Å². The molecule has 0 saturated heterocycles. The molecule has 114 valence electrons. The van der Waals surface area contributed by atoms with E-state index in [1.807, 2.05) is 0 Å². The normalized spacial score (nSPS) is 14.5. The molecule has 0 atom stereocenters. The monoisotopic (exact) mass is 313 g/mol. The topological polar surface area (TPSA) is 118 Å². The van der Waals surface area contributed by atoms with E-state index in [1.54, 1.807) is 0 Å². The minimum Gasteiger partial charge on any atom is -0.371 e. The van der Waals surface area contributed by atoms with Crippen LogP contribution in [0.3, 0.4) is 0 Å². The van der Waals surface area contributed by atoms with Gasteiger partial charge in [-0.05, 0) is 25.0 Å². The molecular weight excluding hydrogens is 298 g/mol. The molecule has 0 aliphatic heterocycles. The van der Waals surface area contributed by atoms with Crippen LogP contribution < -0.4 is 10.6 Å². The van der Waals surface area contributed by atoms with E-state index in [9.17, 15) is 23.3 Å². The summed E-state index contributed by atoms with van der Waals surface area (Å²) < 4.78 is 22.8. The number of rotatable bonds is 6. The van der Waals surface area contributed by atoms with Gasteiger partial charge in [0.1, 0.15) is 5.69 Å². The number of anilines is 1. The van der Waals surface area contributed by atoms with Crippen molar-refractivity contribution in [2.24, 2.45) is 0 Å². The first-order chi connectivity index (χ1) is 9.77. The Morgan fingerprint density at radius 1 is 1.43 bits per heavy atom. The lowest BCUT2D eigenvalue weighted by Crippen LogP contribution is -2.31. The molecule has 9 heteroatoms. The highest BCUT2D eigenvalue weighted by molar-refractivity contribution is 7.90. The van der Waals surface area contributed by atoms with Crippen molar-refractivity contribution in [3.63, 3.8) is 0 Å². The van der Waals surface area contributed by atoms with E-state index >= 15 is 0 Å². The molecule has 0 radical (unpaired) electrons. The van der Waals surface area contributed by atoms with E-state index in [0.717, 1.165) is 25.2 Å². The van der Waals surface area contributed by atoms with E-state index in [4.69, 9.17) is 0 Å². The van der Waals surface area contributed by atoms with Gasteiger partial charge in [-0.1, -0.05) is 0 Å². The van der Waals surface area contributed by atoms with Crippen molar-refractivity contribution in [2.45, 2.75) is 23.8 Å². The van der Waals surface area contributed by atoms with Crippen LogP contribution in [0.15, 0.2) is 23.1 Å². The number of benzene rings is 1. The summed E-state index contributed by atoms with van der Waals surface area (Å²) in [7, 11) is -3.53. The fourth-order valence-electron chi connectivity index (χ4n) is 1.72. The van der Waals surface area contributed by atoms with Gasteiger partial charge in [0.25, 0.3) is 5.69 Å². The number of hydrogen-bond acceptors (Lipinski definition) is 6. The number of nitro groups is 1. The first kappa shape index (κ1) is 15.2. The molecule has 1 amide bonds. The van der Waals surface area contributed by atoms with E-state index < -0.39 is 14.8 Å². The standard InChI is InChI=1S/C12H15N3O5S/c1-21(19,20)9-4-5-10(11(6-9)15(17)18)13-7-12(16)14-8-2-3-8/h4-6,8,13H,2-3,7H2,1H3,(H,14,16). The quantitative estimate of drug-likeness (QED) is 0.589. The van der Waals surface area contributed by atoms with Crippen molar-refractivity contribution >= 4 is 27.1 Å². The van der Waals surface area contributed by atoms with Crippen molar-refractivity contribution < 1.29 is 18.1 Å². The molecule has 1 saturated carbocycles. The molecular formula is C12H15N3O5S. The molecule has 1 fully saturated rings. The van der Waals surface area contributed by atoms with E-state index in [0.29, 0.717) is 0 Å². The van der Waals surface area contributed by atoms with Crippen LogP contribution in [0.1, 0.15) is 12.8 Å². The summed E-state index contributed by atoms with van der Waals surface area (Å²) in [6, 6.07) is 3.75. The maximum absolute atomic E-state index is 11.5. The zero-order valence-electron chi connectivity index (χ0n) is 11.3. The van der Waals surface area contributed by atoms with E-state index in [1.165, 1.54) is 12.1 Å². The Kier molecular flexibility index (Phi) is 4.12. The molecule has 0 spiro atoms. The summed E-state index contributed by atoms with van der Waals surface area (Å²) in [5, 5.41) is 16.4. The molecule has 1 aliphatic rings. The molecule has 0 aromatic heterocycles. The fourth-order valence-corrected chi connectivity index (χ4v) is 2.37. The number of sulfone groups is 1. The lowest BCUT2D eigenvalue weighted by molar-refractivity contribution is -0.384. The van der Waals surface area contributed by atoms with Crippen LogP contribution in [-0.4, -0.2) is 38.1 Å². The van der Waals surface area contributed by atoms with Gasteiger partial charge >= 0.3 is 0 Å². The van der Waals surface area contributed by atoms with Gasteiger partial charge in [0.15, 0.2) is 9.84 Å². The molecule has 1 aromatic rings. The Morgan fingerprint density at radius 2 is 2.10 bits per heavy atom. The summed E-state index contributed by atoms with van der Waals surface area (Å²) in [5.74, 6) is -0.251. The van der Waals surface area contributed by atoms with Gasteiger partial charge in [-0.25, -0.2) is 8.42 Å². The summed E-state index contributed by atoms with van der Waals surface area (Å²) in [4.78, 5) is 21.7. The van der Waals surface area contributed by atoms with Gasteiger partial charge in [0.05, 0.1) is 16.4 Å². The Labute approximate surface area is 121 Å². The molecule has 1 aliphatic carbocycles. The third kappa shape index (κ3) is 4.15. The largest absolute Gasteiger partial charge is 0.371 e. The third-order valence-corrected chi connectivity index (χ3v) is 4.09. The van der Waals surface area contributed by atoms with E-state index in [-0.39, 0.29) is 34.8 Å².